The minimum atomic E-state index is -4.75. The average molecular weight is 185 g/mol. The van der Waals surface area contributed by atoms with Crippen molar-refractivity contribution >= 4 is 14.1 Å². The molecule has 1 amide bonds. The van der Waals surface area contributed by atoms with Crippen molar-refractivity contribution in [2.45, 2.75) is 25.8 Å². The zero-order chi connectivity index (χ0) is 9.28. The van der Waals surface area contributed by atoms with Crippen LogP contribution in [0.4, 0.5) is 13.2 Å². The van der Waals surface area contributed by atoms with Crippen LogP contribution in [0, 0.1) is 0 Å². The summed E-state index contributed by atoms with van der Waals surface area (Å²) in [6, 6.07) is 0. The second-order valence-corrected chi connectivity index (χ2v) is 7.95. The molecule has 6 heteroatoms. The number of nitrogens with one attached hydrogen (secondary N) is 1. The van der Waals surface area contributed by atoms with Crippen LogP contribution in [0.15, 0.2) is 0 Å². The van der Waals surface area contributed by atoms with E-state index in [1.165, 1.54) is 0 Å². The summed E-state index contributed by atoms with van der Waals surface area (Å²) in [6.45, 7) is 4.86. The van der Waals surface area contributed by atoms with Crippen LogP contribution in [0.5, 0.6) is 0 Å². The Hall–Kier alpha value is -0.523. The zero-order valence-corrected chi connectivity index (χ0v) is 7.54. The van der Waals surface area contributed by atoms with E-state index in [4.69, 9.17) is 0 Å². The Morgan fingerprint density at radius 2 is 1.64 bits per heavy atom. The van der Waals surface area contributed by atoms with Crippen LogP contribution in [0.2, 0.25) is 19.6 Å². The summed E-state index contributed by atoms with van der Waals surface area (Å²) in [7, 11) is -2.15. The second-order valence-electron chi connectivity index (χ2n) is 3.20. The summed E-state index contributed by atoms with van der Waals surface area (Å²) in [5, 5.41) is 0. The third-order valence-electron chi connectivity index (χ3n) is 0.746. The first-order valence-electron chi connectivity index (χ1n) is 3.02. The molecule has 0 bridgehead atoms. The third kappa shape index (κ3) is 4.83. The van der Waals surface area contributed by atoms with E-state index in [1.54, 1.807) is 19.6 Å². The van der Waals surface area contributed by atoms with E-state index in [9.17, 15) is 18.0 Å². The Kier molecular flexibility index (Phi) is 2.71. The van der Waals surface area contributed by atoms with Crippen LogP contribution < -0.4 is 4.98 Å². The van der Waals surface area contributed by atoms with E-state index in [2.05, 4.69) is 0 Å². The van der Waals surface area contributed by atoms with E-state index in [0.29, 0.717) is 0 Å². The van der Waals surface area contributed by atoms with E-state index in [1.807, 2.05) is 4.98 Å². The Labute approximate surface area is 63.9 Å². The molecule has 0 heterocycles. The van der Waals surface area contributed by atoms with E-state index < -0.39 is 20.3 Å². The maximum atomic E-state index is 11.6. The Morgan fingerprint density at radius 1 is 1.27 bits per heavy atom. The molecule has 1 N–H and O–H groups in total. The van der Waals surface area contributed by atoms with Gasteiger partial charge in [-0.2, -0.15) is 13.2 Å². The fraction of sp³-hybridized carbons (Fsp3) is 0.800. The predicted molar refractivity (Wildman–Crippen MR) is 37.5 cm³/mol. The first-order chi connectivity index (χ1) is 4.63. The molecule has 0 unspecified atom stereocenters. The highest BCUT2D eigenvalue weighted by Gasteiger charge is 2.40. The van der Waals surface area contributed by atoms with Crippen LogP contribution in [0.1, 0.15) is 0 Å². The van der Waals surface area contributed by atoms with Crippen molar-refractivity contribution in [2.75, 3.05) is 0 Å². The van der Waals surface area contributed by atoms with Crippen molar-refractivity contribution in [3.05, 3.63) is 0 Å². The van der Waals surface area contributed by atoms with Gasteiger partial charge in [0.25, 0.3) is 0 Å². The van der Waals surface area contributed by atoms with Crippen LogP contribution >= 0.6 is 0 Å². The highest BCUT2D eigenvalue weighted by atomic mass is 28.3. The lowest BCUT2D eigenvalue weighted by Gasteiger charge is -2.18. The molecule has 0 atom stereocenters. The lowest BCUT2D eigenvalue weighted by Crippen LogP contribution is -2.50. The largest absolute Gasteiger partial charge is 0.470 e. The zero-order valence-electron chi connectivity index (χ0n) is 6.54. The number of amides is 1. The summed E-state index contributed by atoms with van der Waals surface area (Å²) >= 11 is 0. The Balaban J connectivity index is 4.11. The number of alkyl halides is 3. The van der Waals surface area contributed by atoms with E-state index in [0.717, 1.165) is 0 Å². The third-order valence-corrected chi connectivity index (χ3v) is 1.72. The van der Waals surface area contributed by atoms with Gasteiger partial charge in [-0.1, -0.05) is 19.6 Å². The molecule has 0 aromatic carbocycles. The fourth-order valence-corrected chi connectivity index (χ4v) is 1.23. The van der Waals surface area contributed by atoms with Crippen molar-refractivity contribution in [3.63, 3.8) is 0 Å². The number of carbonyl (C=O) groups excluding carboxylic acids is 1. The van der Waals surface area contributed by atoms with Crippen LogP contribution in [-0.2, 0) is 4.79 Å². The molecular weight excluding hydrogens is 175 g/mol. The van der Waals surface area contributed by atoms with Crippen LogP contribution in [-0.4, -0.2) is 20.3 Å². The van der Waals surface area contributed by atoms with Crippen LogP contribution in [0.25, 0.3) is 0 Å². The molecule has 0 aliphatic heterocycles. The van der Waals surface area contributed by atoms with Crippen molar-refractivity contribution < 1.29 is 18.0 Å². The Morgan fingerprint density at radius 3 is 1.73 bits per heavy atom. The van der Waals surface area contributed by atoms with Crippen molar-refractivity contribution in [2.24, 2.45) is 0 Å². The molecule has 11 heavy (non-hydrogen) atoms. The van der Waals surface area contributed by atoms with E-state index >= 15 is 0 Å². The summed E-state index contributed by atoms with van der Waals surface area (Å²) in [4.78, 5) is 12.2. The maximum Gasteiger partial charge on any atom is 0.470 e. The van der Waals surface area contributed by atoms with Gasteiger partial charge in [-0.3, -0.25) is 4.79 Å². The van der Waals surface area contributed by atoms with Gasteiger partial charge in [0, 0.05) is 0 Å². The molecule has 0 aromatic rings. The van der Waals surface area contributed by atoms with Crippen molar-refractivity contribution in [1.82, 2.24) is 4.98 Å². The van der Waals surface area contributed by atoms with Gasteiger partial charge in [0.15, 0.2) is 0 Å². The van der Waals surface area contributed by atoms with Gasteiger partial charge in [0.1, 0.15) is 8.24 Å². The molecule has 0 fully saturated rings. The van der Waals surface area contributed by atoms with Crippen molar-refractivity contribution in [3.8, 4) is 0 Å². The predicted octanol–water partition coefficient (Wildman–Crippen LogP) is 1.50. The normalized spacial score (nSPS) is 12.9. The first-order valence-corrected chi connectivity index (χ1v) is 6.52. The van der Waals surface area contributed by atoms with Crippen molar-refractivity contribution in [1.29, 1.82) is 0 Å². The number of halogens is 3. The molecule has 2 nitrogen and oxygen atoms in total. The lowest BCUT2D eigenvalue weighted by molar-refractivity contribution is -0.171. The molecule has 0 aliphatic carbocycles. The molecule has 0 rings (SSSR count). The minimum absolute atomic E-state index is 1.62. The lowest BCUT2D eigenvalue weighted by atomic mass is 10.6. The summed E-state index contributed by atoms with van der Waals surface area (Å²) in [6.07, 6.45) is -4.75. The second kappa shape index (κ2) is 2.84. The SMILES string of the molecule is C[Si](C)(C)NC(=O)C(F)(F)F. The molecular formula is C5H10F3NOSi. The molecule has 0 aliphatic rings. The molecule has 0 saturated heterocycles. The summed E-state index contributed by atoms with van der Waals surface area (Å²) in [5.41, 5.74) is 0. The van der Waals surface area contributed by atoms with Gasteiger partial charge in [0.2, 0.25) is 0 Å². The van der Waals surface area contributed by atoms with Gasteiger partial charge >= 0.3 is 12.1 Å². The fourth-order valence-electron chi connectivity index (χ4n) is 0.411. The number of hydrogen-bond acceptors (Lipinski definition) is 1. The molecule has 0 aromatic heterocycles. The quantitative estimate of drug-likeness (QED) is 0.616. The van der Waals surface area contributed by atoms with Crippen LogP contribution in [0.3, 0.4) is 0 Å². The van der Waals surface area contributed by atoms with Gasteiger partial charge in [-0.05, 0) is 0 Å². The highest BCUT2D eigenvalue weighted by molar-refractivity contribution is 6.75. The minimum Gasteiger partial charge on any atom is -0.375 e. The number of rotatable bonds is 1. The van der Waals surface area contributed by atoms with Gasteiger partial charge in [0.05, 0.1) is 0 Å². The smallest absolute Gasteiger partial charge is 0.375 e. The average Bonchev–Trinajstić information content (AvgIpc) is 1.56. The number of carbonyl (C=O) groups is 1. The highest BCUT2D eigenvalue weighted by Crippen LogP contribution is 2.15. The molecule has 0 radical (unpaired) electrons. The maximum absolute atomic E-state index is 11.6. The molecule has 66 valence electrons. The Bertz CT molecular complexity index is 160. The topological polar surface area (TPSA) is 29.1 Å². The number of hydrogen-bond donors (Lipinski definition) is 1. The standard InChI is InChI=1S/C5H10F3NOSi/c1-11(2,3)9-4(10)5(6,7)8/h1-3H3,(H,9,10). The van der Waals surface area contributed by atoms with Gasteiger partial charge in [-0.25, -0.2) is 0 Å². The molecule has 0 spiro atoms. The van der Waals surface area contributed by atoms with Gasteiger partial charge in [-0.15, -0.1) is 0 Å². The van der Waals surface area contributed by atoms with E-state index in [-0.39, 0.29) is 0 Å². The van der Waals surface area contributed by atoms with Gasteiger partial charge < -0.3 is 4.98 Å². The first kappa shape index (κ1) is 10.5. The summed E-state index contributed by atoms with van der Waals surface area (Å²) < 4.78 is 34.8. The summed E-state index contributed by atoms with van der Waals surface area (Å²) in [5.74, 6) is -1.84. The monoisotopic (exact) mass is 185 g/mol. The molecule has 0 saturated carbocycles.